The summed E-state index contributed by atoms with van der Waals surface area (Å²) in [7, 11) is -4.49. The molecule has 0 bridgehead atoms. The molecule has 0 unspecified atom stereocenters. The predicted molar refractivity (Wildman–Crippen MR) is 93.5 cm³/mol. The summed E-state index contributed by atoms with van der Waals surface area (Å²) in [6.07, 6.45) is 0. The monoisotopic (exact) mass is 365 g/mol. The van der Waals surface area contributed by atoms with Gasteiger partial charge in [0.25, 0.3) is 10.1 Å². The number of hydrogen-bond donors (Lipinski definition) is 3. The van der Waals surface area contributed by atoms with Crippen molar-refractivity contribution in [3.63, 3.8) is 0 Å². The minimum atomic E-state index is -4.49. The lowest BCUT2D eigenvalue weighted by Crippen LogP contribution is -2.06. The molecule has 0 saturated heterocycles. The largest absolute Gasteiger partial charge is 0.354 e. The molecule has 2 aromatic carbocycles. The van der Waals surface area contributed by atoms with E-state index in [1.54, 1.807) is 42.5 Å². The molecule has 8 nitrogen and oxygen atoms in total. The summed E-state index contributed by atoms with van der Waals surface area (Å²) in [5.41, 5.74) is 0.322. The first kappa shape index (κ1) is 18.5. The molecule has 9 heteroatoms. The fraction of sp³-hybridized carbons (Fsp3) is 0. The molecule has 0 aliphatic carbocycles. The van der Waals surface area contributed by atoms with E-state index >= 15 is 0 Å². The highest BCUT2D eigenvalue weighted by molar-refractivity contribution is 7.85. The van der Waals surface area contributed by atoms with Gasteiger partial charge < -0.3 is 10.6 Å². The van der Waals surface area contributed by atoms with Crippen LogP contribution in [-0.4, -0.2) is 13.0 Å². The Hall–Kier alpha value is -3.84. The molecule has 0 saturated carbocycles. The Morgan fingerprint density at radius 2 is 1.58 bits per heavy atom. The minimum absolute atomic E-state index is 0.0866. The summed E-state index contributed by atoms with van der Waals surface area (Å²) in [5, 5.41) is 32.6. The number of benzene rings is 2. The maximum Gasteiger partial charge on any atom is 0.294 e. The zero-order valence-corrected chi connectivity index (χ0v) is 13.9. The molecule has 128 valence electrons. The second kappa shape index (κ2) is 7.82. The first-order valence-electron chi connectivity index (χ1n) is 7.04. The second-order valence-corrected chi connectivity index (χ2v) is 6.31. The summed E-state index contributed by atoms with van der Waals surface area (Å²) >= 11 is 0. The number of allylic oxidation sites excluding steroid dienone is 2. The highest BCUT2D eigenvalue weighted by atomic mass is 32.2. The Balaban J connectivity index is 2.56. The van der Waals surface area contributed by atoms with Crippen molar-refractivity contribution in [2.75, 3.05) is 10.6 Å². The van der Waals surface area contributed by atoms with Gasteiger partial charge in [0.1, 0.15) is 23.9 Å². The van der Waals surface area contributed by atoms with Crippen LogP contribution < -0.4 is 10.6 Å². The molecule has 0 aliphatic heterocycles. The molecule has 0 atom stereocenters. The smallest absolute Gasteiger partial charge is 0.294 e. The van der Waals surface area contributed by atoms with Crippen molar-refractivity contribution in [3.8, 4) is 18.2 Å². The van der Waals surface area contributed by atoms with E-state index in [0.29, 0.717) is 11.4 Å². The summed E-state index contributed by atoms with van der Waals surface area (Å²) in [5.74, 6) is 0. The minimum Gasteiger partial charge on any atom is -0.354 e. The lowest BCUT2D eigenvalue weighted by molar-refractivity contribution is 0.483. The lowest BCUT2D eigenvalue weighted by Gasteiger charge is -2.14. The van der Waals surface area contributed by atoms with Crippen LogP contribution in [0.1, 0.15) is 0 Å². The number of rotatable bonds is 5. The van der Waals surface area contributed by atoms with Gasteiger partial charge in [0, 0.05) is 5.69 Å². The zero-order valence-electron chi connectivity index (χ0n) is 13.1. The molecule has 26 heavy (non-hydrogen) atoms. The molecular weight excluding hydrogens is 354 g/mol. The molecule has 2 aromatic rings. The zero-order chi connectivity index (χ0) is 19.2. The topological polar surface area (TPSA) is 150 Å². The molecule has 0 spiro atoms. The van der Waals surface area contributed by atoms with Crippen molar-refractivity contribution in [3.05, 3.63) is 59.8 Å². The lowest BCUT2D eigenvalue weighted by atomic mass is 10.2. The Bertz CT molecular complexity index is 1070. The van der Waals surface area contributed by atoms with Gasteiger partial charge in [0.05, 0.1) is 16.3 Å². The first-order chi connectivity index (χ1) is 12.4. The number of nitrogens with one attached hydrogen (secondary N) is 2. The van der Waals surface area contributed by atoms with Gasteiger partial charge >= 0.3 is 0 Å². The Morgan fingerprint density at radius 1 is 0.923 bits per heavy atom. The van der Waals surface area contributed by atoms with Crippen molar-refractivity contribution in [2.24, 2.45) is 0 Å². The van der Waals surface area contributed by atoms with Crippen molar-refractivity contribution in [1.82, 2.24) is 0 Å². The average Bonchev–Trinajstić information content (AvgIpc) is 2.63. The Morgan fingerprint density at radius 3 is 2.12 bits per heavy atom. The van der Waals surface area contributed by atoms with Crippen molar-refractivity contribution < 1.29 is 13.0 Å². The number of hydrogen-bond acceptors (Lipinski definition) is 7. The van der Waals surface area contributed by atoms with Gasteiger partial charge in [0.15, 0.2) is 5.57 Å². The van der Waals surface area contributed by atoms with Crippen molar-refractivity contribution in [1.29, 1.82) is 15.8 Å². The number of para-hydroxylation sites is 1. The van der Waals surface area contributed by atoms with Gasteiger partial charge in [-0.15, -0.1) is 0 Å². The molecule has 3 N–H and O–H groups in total. The third kappa shape index (κ3) is 4.37. The quantitative estimate of drug-likeness (QED) is 0.540. The van der Waals surface area contributed by atoms with Crippen LogP contribution in [0.5, 0.6) is 0 Å². The molecule has 0 amide bonds. The molecule has 0 heterocycles. The fourth-order valence-electron chi connectivity index (χ4n) is 1.99. The fourth-order valence-corrected chi connectivity index (χ4v) is 2.50. The third-order valence-electron chi connectivity index (χ3n) is 3.19. The third-order valence-corrected chi connectivity index (χ3v) is 4.04. The summed E-state index contributed by atoms with van der Waals surface area (Å²) in [4.78, 5) is -0.411. The van der Waals surface area contributed by atoms with Crippen LogP contribution in [0.4, 0.5) is 17.1 Å². The maximum atomic E-state index is 11.4. The molecule has 2 rings (SSSR count). The molecule has 0 fully saturated rings. The van der Waals surface area contributed by atoms with Crippen LogP contribution in [0.3, 0.4) is 0 Å². The highest BCUT2D eigenvalue weighted by Gasteiger charge is 2.15. The standard InChI is InChI=1S/C17H11N5O3S/c18-9-12(10-19)17(11-20)22-16-8-14(26(23,24)25)6-7-15(16)21-13-4-2-1-3-5-13/h1-8,21-22H,(H,23,24,25). The van der Waals surface area contributed by atoms with Crippen LogP contribution >= 0.6 is 0 Å². The van der Waals surface area contributed by atoms with Crippen LogP contribution in [0.15, 0.2) is 64.7 Å². The summed E-state index contributed by atoms with van der Waals surface area (Å²) < 4.78 is 32.0. The van der Waals surface area contributed by atoms with Crippen molar-refractivity contribution >= 4 is 27.2 Å². The first-order valence-corrected chi connectivity index (χ1v) is 8.48. The van der Waals surface area contributed by atoms with Crippen molar-refractivity contribution in [2.45, 2.75) is 4.90 Å². The molecule has 0 aliphatic rings. The van der Waals surface area contributed by atoms with E-state index in [4.69, 9.17) is 15.8 Å². The van der Waals surface area contributed by atoms with Gasteiger partial charge in [-0.25, -0.2) is 0 Å². The average molecular weight is 365 g/mol. The van der Waals surface area contributed by atoms with E-state index in [9.17, 15) is 13.0 Å². The van der Waals surface area contributed by atoms with Gasteiger partial charge in [-0.2, -0.15) is 24.2 Å². The van der Waals surface area contributed by atoms with E-state index < -0.39 is 20.6 Å². The highest BCUT2D eigenvalue weighted by Crippen LogP contribution is 2.29. The van der Waals surface area contributed by atoms with Crippen LogP contribution in [0.25, 0.3) is 0 Å². The van der Waals surface area contributed by atoms with E-state index in [0.717, 1.165) is 6.07 Å². The van der Waals surface area contributed by atoms with Gasteiger partial charge in [-0.05, 0) is 30.3 Å². The Labute approximate surface area is 150 Å². The van der Waals surface area contributed by atoms with E-state index in [1.807, 2.05) is 6.07 Å². The molecule has 0 radical (unpaired) electrons. The van der Waals surface area contributed by atoms with Gasteiger partial charge in [0.2, 0.25) is 0 Å². The van der Waals surface area contributed by atoms with E-state index in [1.165, 1.54) is 12.1 Å². The SMILES string of the molecule is N#CC(C#N)=C(C#N)Nc1cc(S(=O)(=O)O)ccc1Nc1ccccc1. The van der Waals surface area contributed by atoms with Crippen LogP contribution in [0, 0.1) is 34.0 Å². The predicted octanol–water partition coefficient (Wildman–Crippen LogP) is 2.91. The van der Waals surface area contributed by atoms with Crippen LogP contribution in [0.2, 0.25) is 0 Å². The molecular formula is C17H11N5O3S. The second-order valence-electron chi connectivity index (χ2n) is 4.88. The van der Waals surface area contributed by atoms with Gasteiger partial charge in [-0.3, -0.25) is 4.55 Å². The maximum absolute atomic E-state index is 11.4. The van der Waals surface area contributed by atoms with E-state index in [2.05, 4.69) is 10.6 Å². The molecule has 0 aromatic heterocycles. The number of anilines is 3. The van der Waals surface area contributed by atoms with Gasteiger partial charge in [-0.1, -0.05) is 18.2 Å². The summed E-state index contributed by atoms with van der Waals surface area (Å²) in [6.45, 7) is 0. The Kier molecular flexibility index (Phi) is 5.56. The normalized spacial score (nSPS) is 9.92. The van der Waals surface area contributed by atoms with Crippen LogP contribution in [-0.2, 0) is 10.1 Å². The van der Waals surface area contributed by atoms with E-state index in [-0.39, 0.29) is 11.4 Å². The number of nitrogens with zero attached hydrogens (tertiary/aromatic N) is 3. The summed E-state index contributed by atoms with van der Waals surface area (Å²) in [6, 6.07) is 17.4. The number of nitriles is 3.